The third kappa shape index (κ3) is 5.17. The molecule has 25 heavy (non-hydrogen) atoms. The van der Waals surface area contributed by atoms with E-state index in [4.69, 9.17) is 4.74 Å². The smallest absolute Gasteiger partial charge is 0.321 e. The quantitative estimate of drug-likeness (QED) is 0.716. The summed E-state index contributed by atoms with van der Waals surface area (Å²) in [4.78, 5) is 49.6. The number of imide groups is 1. The molecular formula is C17H27N3O5. The summed E-state index contributed by atoms with van der Waals surface area (Å²) in [7, 11) is 0. The first-order chi connectivity index (χ1) is 11.8. The van der Waals surface area contributed by atoms with Gasteiger partial charge >= 0.3 is 12.0 Å². The summed E-state index contributed by atoms with van der Waals surface area (Å²) in [5.74, 6) is -1.83. The van der Waals surface area contributed by atoms with Crippen molar-refractivity contribution in [2.75, 3.05) is 6.54 Å². The van der Waals surface area contributed by atoms with E-state index in [0.29, 0.717) is 6.54 Å². The molecule has 1 aliphatic carbocycles. The highest BCUT2D eigenvalue weighted by Crippen LogP contribution is 2.30. The van der Waals surface area contributed by atoms with Gasteiger partial charge in [0.05, 0.1) is 5.92 Å². The molecule has 0 aromatic carbocycles. The normalized spacial score (nSPS) is 22.2. The number of urea groups is 1. The van der Waals surface area contributed by atoms with Crippen LogP contribution in [0.25, 0.3) is 0 Å². The van der Waals surface area contributed by atoms with Crippen LogP contribution in [0.1, 0.15) is 52.9 Å². The van der Waals surface area contributed by atoms with Gasteiger partial charge in [-0.25, -0.2) is 4.79 Å². The lowest BCUT2D eigenvalue weighted by Gasteiger charge is -2.24. The van der Waals surface area contributed by atoms with Crippen LogP contribution in [0.5, 0.6) is 0 Å². The predicted molar refractivity (Wildman–Crippen MR) is 89.4 cm³/mol. The van der Waals surface area contributed by atoms with Gasteiger partial charge in [0.15, 0.2) is 6.10 Å². The summed E-state index contributed by atoms with van der Waals surface area (Å²) < 4.78 is 5.15. The highest BCUT2D eigenvalue weighted by atomic mass is 16.5. The van der Waals surface area contributed by atoms with Crippen LogP contribution in [0.3, 0.4) is 0 Å². The van der Waals surface area contributed by atoms with Gasteiger partial charge in [0, 0.05) is 25.0 Å². The molecule has 1 heterocycles. The molecule has 2 rings (SSSR count). The van der Waals surface area contributed by atoms with Gasteiger partial charge in [0.2, 0.25) is 5.91 Å². The van der Waals surface area contributed by atoms with E-state index in [1.165, 1.54) is 6.92 Å². The summed E-state index contributed by atoms with van der Waals surface area (Å²) in [5.41, 5.74) is 0. The number of nitrogens with zero attached hydrogens (tertiary/aromatic N) is 1. The first-order valence-corrected chi connectivity index (χ1v) is 8.89. The molecule has 2 atom stereocenters. The van der Waals surface area contributed by atoms with Crippen LogP contribution in [0.2, 0.25) is 0 Å². The van der Waals surface area contributed by atoms with Crippen molar-refractivity contribution in [3.63, 3.8) is 0 Å². The van der Waals surface area contributed by atoms with E-state index in [2.05, 4.69) is 10.6 Å². The second-order valence-corrected chi connectivity index (χ2v) is 7.08. The number of esters is 1. The fourth-order valence-corrected chi connectivity index (χ4v) is 3.29. The second kappa shape index (κ2) is 8.31. The van der Waals surface area contributed by atoms with Gasteiger partial charge in [-0.3, -0.25) is 19.7 Å². The van der Waals surface area contributed by atoms with E-state index in [9.17, 15) is 19.2 Å². The molecule has 0 aromatic heterocycles. The zero-order valence-corrected chi connectivity index (χ0v) is 15.0. The van der Waals surface area contributed by atoms with Crippen molar-refractivity contribution in [1.82, 2.24) is 15.5 Å². The zero-order valence-electron chi connectivity index (χ0n) is 15.0. The average molecular weight is 353 g/mol. The third-order valence-corrected chi connectivity index (χ3v) is 4.58. The van der Waals surface area contributed by atoms with Crippen molar-refractivity contribution in [1.29, 1.82) is 0 Å². The molecule has 1 saturated carbocycles. The lowest BCUT2D eigenvalue weighted by atomic mass is 10.1. The molecule has 8 heteroatoms. The van der Waals surface area contributed by atoms with E-state index in [1.54, 1.807) is 18.7 Å². The van der Waals surface area contributed by atoms with Gasteiger partial charge in [0.1, 0.15) is 0 Å². The summed E-state index contributed by atoms with van der Waals surface area (Å²) in [5, 5.41) is 4.64. The van der Waals surface area contributed by atoms with E-state index < -0.39 is 29.9 Å². The number of hydrogen-bond donors (Lipinski definition) is 2. The Kier molecular flexibility index (Phi) is 6.39. The zero-order chi connectivity index (χ0) is 18.6. The number of likely N-dealkylation sites (tertiary alicyclic amines) is 1. The third-order valence-electron chi connectivity index (χ3n) is 4.58. The van der Waals surface area contributed by atoms with Crippen LogP contribution in [0, 0.1) is 5.92 Å². The van der Waals surface area contributed by atoms with Gasteiger partial charge in [-0.2, -0.15) is 0 Å². The van der Waals surface area contributed by atoms with Gasteiger partial charge in [0.25, 0.3) is 5.91 Å². The number of ether oxygens (including phenoxy) is 1. The van der Waals surface area contributed by atoms with E-state index >= 15 is 0 Å². The Morgan fingerprint density at radius 3 is 2.40 bits per heavy atom. The highest BCUT2D eigenvalue weighted by molar-refractivity contribution is 5.97. The maximum atomic E-state index is 12.2. The van der Waals surface area contributed by atoms with Crippen LogP contribution in [0.15, 0.2) is 0 Å². The summed E-state index contributed by atoms with van der Waals surface area (Å²) >= 11 is 0. The molecule has 140 valence electrons. The van der Waals surface area contributed by atoms with Gasteiger partial charge in [-0.1, -0.05) is 12.8 Å². The van der Waals surface area contributed by atoms with Gasteiger partial charge in [-0.05, 0) is 33.6 Å². The minimum atomic E-state index is -1.10. The fourth-order valence-electron chi connectivity index (χ4n) is 3.29. The first-order valence-electron chi connectivity index (χ1n) is 8.89. The summed E-state index contributed by atoms with van der Waals surface area (Å²) in [6, 6.07) is -0.520. The van der Waals surface area contributed by atoms with E-state index in [-0.39, 0.29) is 24.4 Å². The van der Waals surface area contributed by atoms with Crippen molar-refractivity contribution in [2.24, 2.45) is 5.92 Å². The molecular weight excluding hydrogens is 326 g/mol. The van der Waals surface area contributed by atoms with Crippen molar-refractivity contribution in [3.05, 3.63) is 0 Å². The Balaban J connectivity index is 1.81. The first kappa shape index (κ1) is 19.2. The van der Waals surface area contributed by atoms with Crippen LogP contribution >= 0.6 is 0 Å². The van der Waals surface area contributed by atoms with Crippen molar-refractivity contribution < 1.29 is 23.9 Å². The SMILES string of the molecule is CC(C)NC(=O)NC(=O)[C@H](C)OC(=O)[C@H]1CC(=O)N(C2CCCC2)C1. The lowest BCUT2D eigenvalue weighted by molar-refractivity contribution is -0.158. The highest BCUT2D eigenvalue weighted by Gasteiger charge is 2.40. The Morgan fingerprint density at radius 1 is 1.16 bits per heavy atom. The maximum Gasteiger partial charge on any atom is 0.321 e. The topological polar surface area (TPSA) is 105 Å². The van der Waals surface area contributed by atoms with Crippen molar-refractivity contribution in [3.8, 4) is 0 Å². The molecule has 2 fully saturated rings. The fraction of sp³-hybridized carbons (Fsp3) is 0.765. The van der Waals surface area contributed by atoms with Gasteiger partial charge in [-0.15, -0.1) is 0 Å². The Bertz CT molecular complexity index is 542. The molecule has 0 aromatic rings. The number of rotatable bonds is 5. The molecule has 2 N–H and O–H groups in total. The van der Waals surface area contributed by atoms with E-state index in [0.717, 1.165) is 25.7 Å². The predicted octanol–water partition coefficient (Wildman–Crippen LogP) is 0.943. The number of amides is 4. The second-order valence-electron chi connectivity index (χ2n) is 7.08. The standard InChI is InChI=1S/C17H27N3O5/c1-10(2)18-17(24)19-15(22)11(3)25-16(23)12-8-14(21)20(9-12)13-6-4-5-7-13/h10-13H,4-9H2,1-3H3,(H2,18,19,22,24)/t11-,12-/m0/s1. The van der Waals surface area contributed by atoms with Gasteiger partial charge < -0.3 is 15.0 Å². The molecule has 2 aliphatic rings. The molecule has 0 radical (unpaired) electrons. The van der Waals surface area contributed by atoms with Crippen molar-refractivity contribution in [2.45, 2.75) is 71.1 Å². The summed E-state index contributed by atoms with van der Waals surface area (Å²) in [6.45, 7) is 5.29. The number of carbonyl (C=O) groups excluding carboxylic acids is 4. The maximum absolute atomic E-state index is 12.2. The van der Waals surface area contributed by atoms with Crippen LogP contribution in [-0.2, 0) is 19.1 Å². The minimum absolute atomic E-state index is 0.0257. The molecule has 4 amide bonds. The summed E-state index contributed by atoms with van der Waals surface area (Å²) in [6.07, 6.45) is 3.21. The molecule has 1 saturated heterocycles. The lowest BCUT2D eigenvalue weighted by Crippen LogP contribution is -2.47. The minimum Gasteiger partial charge on any atom is -0.452 e. The molecule has 1 aliphatic heterocycles. The number of carbonyl (C=O) groups is 4. The molecule has 0 bridgehead atoms. The van der Waals surface area contributed by atoms with Crippen LogP contribution in [0.4, 0.5) is 4.79 Å². The number of hydrogen-bond acceptors (Lipinski definition) is 5. The van der Waals surface area contributed by atoms with E-state index in [1.807, 2.05) is 0 Å². The number of nitrogens with one attached hydrogen (secondary N) is 2. The monoisotopic (exact) mass is 353 g/mol. The largest absolute Gasteiger partial charge is 0.452 e. The molecule has 0 spiro atoms. The van der Waals surface area contributed by atoms with Crippen molar-refractivity contribution >= 4 is 23.8 Å². The molecule has 8 nitrogen and oxygen atoms in total. The molecule has 0 unspecified atom stereocenters. The Labute approximate surface area is 147 Å². The Morgan fingerprint density at radius 2 is 1.80 bits per heavy atom. The average Bonchev–Trinajstić information content (AvgIpc) is 3.14. The van der Waals surface area contributed by atoms with Crippen LogP contribution < -0.4 is 10.6 Å². The van der Waals surface area contributed by atoms with Crippen LogP contribution in [-0.4, -0.2) is 53.4 Å². The Hall–Kier alpha value is -2.12.